The van der Waals surface area contributed by atoms with Crippen molar-refractivity contribution in [2.45, 2.75) is 71.1 Å². The Hall–Kier alpha value is -4.38. The summed E-state index contributed by atoms with van der Waals surface area (Å²) < 4.78 is 5.45. The molecule has 10 N–H and O–H groups in total. The number of carbonyl (C=O) groups excluding carboxylic acids is 3. The van der Waals surface area contributed by atoms with E-state index in [2.05, 4.69) is 38.9 Å². The normalized spacial score (nSPS) is 12.9. The fourth-order valence-corrected chi connectivity index (χ4v) is 5.83. The molecule has 0 fully saturated rings. The summed E-state index contributed by atoms with van der Waals surface area (Å²) in [6, 6.07) is 15.2. The molecule has 1 aromatic heterocycles. The van der Waals surface area contributed by atoms with E-state index in [0.717, 1.165) is 42.4 Å². The number of anilines is 2. The summed E-state index contributed by atoms with van der Waals surface area (Å²) in [6.45, 7) is 6.27. The Balaban J connectivity index is 1.50. The molecule has 3 rings (SSSR count). The second kappa shape index (κ2) is 23.4. The molecule has 1 heterocycles. The van der Waals surface area contributed by atoms with Gasteiger partial charge < -0.3 is 47.5 Å². The van der Waals surface area contributed by atoms with Crippen molar-refractivity contribution in [3.05, 3.63) is 76.1 Å². The van der Waals surface area contributed by atoms with Crippen molar-refractivity contribution in [3.63, 3.8) is 0 Å². The molecular formula is C38H55ClN8O7. The molecule has 0 aliphatic carbocycles. The van der Waals surface area contributed by atoms with Crippen LogP contribution in [0.5, 0.6) is 5.75 Å². The Morgan fingerprint density at radius 3 is 2.39 bits per heavy atom. The van der Waals surface area contributed by atoms with Gasteiger partial charge >= 0.3 is 6.09 Å². The van der Waals surface area contributed by atoms with E-state index >= 15 is 0 Å². The van der Waals surface area contributed by atoms with Gasteiger partial charge in [-0.2, -0.15) is 0 Å². The van der Waals surface area contributed by atoms with Crippen LogP contribution in [0.2, 0.25) is 5.15 Å². The number of nitrogens with two attached hydrogens (primary N) is 2. The van der Waals surface area contributed by atoms with Crippen molar-refractivity contribution in [1.82, 2.24) is 30.8 Å². The summed E-state index contributed by atoms with van der Waals surface area (Å²) in [7, 11) is 0. The number of nitrogens with one attached hydrogen (secondary N) is 3. The van der Waals surface area contributed by atoms with Gasteiger partial charge in [0, 0.05) is 39.3 Å². The number of carbonyl (C=O) groups is 3. The molecule has 0 saturated carbocycles. The average Bonchev–Trinajstić information content (AvgIpc) is 3.14. The highest BCUT2D eigenvalue weighted by Gasteiger charge is 2.25. The number of nitrogen functional groups attached to an aromatic ring is 2. The van der Waals surface area contributed by atoms with Gasteiger partial charge in [0.1, 0.15) is 11.9 Å². The first-order chi connectivity index (χ1) is 25.9. The highest BCUT2D eigenvalue weighted by atomic mass is 35.5. The zero-order chi connectivity index (χ0) is 39.5. The highest BCUT2D eigenvalue weighted by Crippen LogP contribution is 2.18. The number of hydrogen-bond acceptors (Lipinski definition) is 13. The minimum atomic E-state index is -1.59. The van der Waals surface area contributed by atoms with Crippen LogP contribution < -0.4 is 32.2 Å². The van der Waals surface area contributed by atoms with E-state index in [1.807, 2.05) is 42.2 Å². The summed E-state index contributed by atoms with van der Waals surface area (Å²) in [5.41, 5.74) is 14.7. The van der Waals surface area contributed by atoms with E-state index in [-0.39, 0.29) is 54.5 Å². The molecule has 296 valence electrons. The molecule has 0 radical (unpaired) electrons. The molecule has 0 aliphatic heterocycles. The van der Waals surface area contributed by atoms with Crippen molar-refractivity contribution in [2.75, 3.05) is 57.3 Å². The quantitative estimate of drug-likeness (QED) is 0.0613. The minimum Gasteiger partial charge on any atom is -0.410 e. The Morgan fingerprint density at radius 1 is 0.944 bits per heavy atom. The molecule has 0 saturated heterocycles. The summed E-state index contributed by atoms with van der Waals surface area (Å²) in [4.78, 5) is 47.7. The molecule has 0 unspecified atom stereocenters. The van der Waals surface area contributed by atoms with Crippen molar-refractivity contribution in [3.8, 4) is 5.75 Å². The smallest absolute Gasteiger partial charge is 0.410 e. The van der Waals surface area contributed by atoms with Crippen LogP contribution in [-0.4, -0.2) is 106 Å². The Kier molecular flexibility index (Phi) is 19.1. The van der Waals surface area contributed by atoms with Crippen molar-refractivity contribution in [1.29, 1.82) is 0 Å². The SMILES string of the molecule is CCCCCCN(CCNC(=O)Oc1ccc(CNC[C@H](CNC(=O)c2nc(Cl)c(N)nc2N)Cc2ccccc2C)cc1)CC(=O)[C@@H](O)[C@H](O)CCO. The van der Waals surface area contributed by atoms with E-state index in [9.17, 15) is 24.6 Å². The number of ether oxygens (including phenoxy) is 1. The number of halogens is 1. The third-order valence-electron chi connectivity index (χ3n) is 8.86. The zero-order valence-electron chi connectivity index (χ0n) is 31.1. The molecule has 0 spiro atoms. The van der Waals surface area contributed by atoms with Gasteiger partial charge in [-0.1, -0.05) is 74.2 Å². The van der Waals surface area contributed by atoms with Gasteiger partial charge in [0.25, 0.3) is 5.91 Å². The van der Waals surface area contributed by atoms with E-state index in [1.54, 1.807) is 12.1 Å². The maximum absolute atomic E-state index is 12.9. The van der Waals surface area contributed by atoms with Gasteiger partial charge in [0.15, 0.2) is 28.3 Å². The number of aliphatic hydroxyl groups excluding tert-OH is 3. The summed E-state index contributed by atoms with van der Waals surface area (Å²) >= 11 is 5.97. The molecule has 2 aromatic carbocycles. The maximum Gasteiger partial charge on any atom is 0.412 e. The number of unbranched alkanes of at least 4 members (excludes halogenated alkanes) is 3. The van der Waals surface area contributed by atoms with Crippen molar-refractivity contribution < 1.29 is 34.4 Å². The van der Waals surface area contributed by atoms with Crippen LogP contribution in [0.15, 0.2) is 48.5 Å². The van der Waals surface area contributed by atoms with Gasteiger partial charge in [-0.25, -0.2) is 14.8 Å². The third-order valence-corrected chi connectivity index (χ3v) is 9.14. The number of ketones is 1. The van der Waals surface area contributed by atoms with Crippen LogP contribution >= 0.6 is 11.6 Å². The first-order valence-corrected chi connectivity index (χ1v) is 18.7. The van der Waals surface area contributed by atoms with Crippen LogP contribution in [0.1, 0.15) is 66.2 Å². The summed E-state index contributed by atoms with van der Waals surface area (Å²) in [6.07, 6.45) is 0.982. The lowest BCUT2D eigenvalue weighted by Crippen LogP contribution is -2.44. The summed E-state index contributed by atoms with van der Waals surface area (Å²) in [5, 5.41) is 38.0. The number of aromatic nitrogens is 2. The average molecular weight is 771 g/mol. The molecule has 3 atom stereocenters. The van der Waals surface area contributed by atoms with Gasteiger partial charge in [-0.15, -0.1) is 0 Å². The number of aliphatic hydroxyl groups is 3. The molecule has 0 aliphatic rings. The van der Waals surface area contributed by atoms with E-state index in [0.29, 0.717) is 44.9 Å². The van der Waals surface area contributed by atoms with Crippen molar-refractivity contribution >= 4 is 41.0 Å². The molecule has 16 heteroatoms. The second-order valence-electron chi connectivity index (χ2n) is 13.3. The van der Waals surface area contributed by atoms with Crippen LogP contribution in [-0.2, 0) is 17.8 Å². The monoisotopic (exact) mass is 770 g/mol. The molecule has 15 nitrogen and oxygen atoms in total. The first kappa shape index (κ1) is 44.0. The second-order valence-corrected chi connectivity index (χ2v) is 13.6. The van der Waals surface area contributed by atoms with Crippen LogP contribution in [0.3, 0.4) is 0 Å². The van der Waals surface area contributed by atoms with E-state index in [4.69, 9.17) is 32.9 Å². The standard InChI is InChI=1S/C38H55ClN8O7/c1-3-4-5-8-17-47(24-31(50)33(51)30(49)15-19-48)18-16-43-38(53)54-29-13-11-26(12-14-29)21-42-22-27(20-28-10-7-6-9-25(28)2)23-44-37(52)32-35(40)46-36(41)34(39)45-32/h6-7,9-14,27,30,33,42,48-49,51H,3-5,8,15-24H2,1-2H3,(H,43,53)(H,44,52)(H4,40,41,46)/t27-,30-,33+/m1/s1. The lowest BCUT2D eigenvalue weighted by Gasteiger charge is -2.24. The number of rotatable bonds is 24. The van der Waals surface area contributed by atoms with Gasteiger partial charge in [-0.05, 0) is 67.5 Å². The lowest BCUT2D eigenvalue weighted by molar-refractivity contribution is -0.134. The first-order valence-electron chi connectivity index (χ1n) is 18.3. The number of aryl methyl sites for hydroxylation is 1. The number of nitrogens with zero attached hydrogens (tertiary/aromatic N) is 3. The van der Waals surface area contributed by atoms with Crippen molar-refractivity contribution in [2.24, 2.45) is 5.92 Å². The Labute approximate surface area is 321 Å². The van der Waals surface area contributed by atoms with Gasteiger partial charge in [-0.3, -0.25) is 14.5 Å². The third kappa shape index (κ3) is 15.2. The number of amides is 2. The van der Waals surface area contributed by atoms with Gasteiger partial charge in [0.05, 0.1) is 12.6 Å². The summed E-state index contributed by atoms with van der Waals surface area (Å²) in [5.74, 6) is -0.840. The predicted molar refractivity (Wildman–Crippen MR) is 208 cm³/mol. The molecule has 3 aromatic rings. The molecule has 54 heavy (non-hydrogen) atoms. The van der Waals surface area contributed by atoms with Gasteiger partial charge in [0.2, 0.25) is 0 Å². The number of hydrogen-bond donors (Lipinski definition) is 8. The predicted octanol–water partition coefficient (Wildman–Crippen LogP) is 2.63. The Morgan fingerprint density at radius 2 is 1.69 bits per heavy atom. The highest BCUT2D eigenvalue weighted by molar-refractivity contribution is 6.31. The topological polar surface area (TPSA) is 238 Å². The lowest BCUT2D eigenvalue weighted by atomic mass is 9.95. The molecule has 2 amide bonds. The molecule has 0 bridgehead atoms. The van der Waals surface area contributed by atoms with E-state index in [1.165, 1.54) is 0 Å². The fraction of sp³-hybridized carbons (Fsp3) is 0.500. The van der Waals surface area contributed by atoms with E-state index < -0.39 is 30.0 Å². The number of Topliss-reactive ketones (excluding diaryl/α,β-unsaturated/α-hetero) is 1. The fourth-order valence-electron chi connectivity index (χ4n) is 5.70. The van der Waals surface area contributed by atoms with Crippen LogP contribution in [0, 0.1) is 12.8 Å². The molecular weight excluding hydrogens is 716 g/mol. The van der Waals surface area contributed by atoms with Crippen LogP contribution in [0.25, 0.3) is 0 Å². The maximum atomic E-state index is 12.9. The Bertz CT molecular complexity index is 1630. The van der Waals surface area contributed by atoms with Crippen LogP contribution in [0.4, 0.5) is 16.4 Å². The minimum absolute atomic E-state index is 0.00750. The largest absolute Gasteiger partial charge is 0.412 e. The number of benzene rings is 2. The zero-order valence-corrected chi connectivity index (χ0v) is 31.9.